The van der Waals surface area contributed by atoms with Crippen molar-refractivity contribution in [2.24, 2.45) is 11.8 Å². The first kappa shape index (κ1) is 24.5. The summed E-state index contributed by atoms with van der Waals surface area (Å²) in [4.78, 5) is 47.5. The van der Waals surface area contributed by atoms with Crippen LogP contribution in [0.15, 0.2) is 24.3 Å². The van der Waals surface area contributed by atoms with E-state index in [1.165, 1.54) is 11.3 Å². The average molecular weight is 486 g/mol. The molecule has 4 heterocycles. The molecule has 0 aromatic heterocycles. The summed E-state index contributed by atoms with van der Waals surface area (Å²) >= 11 is 0. The Morgan fingerprint density at radius 2 is 1.74 bits per heavy atom. The minimum atomic E-state index is -1.24. The second kappa shape index (κ2) is 9.04. The predicted molar refractivity (Wildman–Crippen MR) is 130 cm³/mol. The summed E-state index contributed by atoms with van der Waals surface area (Å²) in [5, 5.41) is 10.1. The van der Waals surface area contributed by atoms with Gasteiger partial charge in [-0.2, -0.15) is 0 Å². The molecule has 0 radical (unpaired) electrons. The fourth-order valence-electron chi connectivity index (χ4n) is 7.28. The summed E-state index contributed by atoms with van der Waals surface area (Å²) in [5.41, 5.74) is -2.23. The third-order valence-electron chi connectivity index (χ3n) is 8.86. The number of hydrogen-bond donors (Lipinski definition) is 1. The van der Waals surface area contributed by atoms with Crippen LogP contribution in [0.1, 0.15) is 59.3 Å². The Morgan fingerprint density at radius 3 is 2.43 bits per heavy atom. The highest BCUT2D eigenvalue weighted by Crippen LogP contribution is 2.58. The Labute approximate surface area is 207 Å². The SMILES string of the molecule is CCCN1CC=C[C@@]2(C)O[C@]34C=CCN(C5CCCCC5)C(=O)C3N([C@H](C)CO)C(=O)[C@@H]4[C@H]2C1=O. The van der Waals surface area contributed by atoms with Gasteiger partial charge >= 0.3 is 0 Å². The molecule has 1 aliphatic carbocycles. The zero-order valence-electron chi connectivity index (χ0n) is 21.2. The average Bonchev–Trinajstić information content (AvgIpc) is 3.13. The van der Waals surface area contributed by atoms with E-state index in [2.05, 4.69) is 0 Å². The van der Waals surface area contributed by atoms with Gasteiger partial charge < -0.3 is 24.5 Å². The minimum absolute atomic E-state index is 0.0962. The van der Waals surface area contributed by atoms with E-state index >= 15 is 0 Å². The number of amides is 3. The number of nitrogens with zero attached hydrogens (tertiary/aromatic N) is 3. The number of fused-ring (bicyclic) bond motifs is 2. The van der Waals surface area contributed by atoms with Crippen molar-refractivity contribution < 1.29 is 24.2 Å². The standard InChI is InChI=1S/C27H39N3O5/c1-4-14-28-15-8-12-26(3)20(23(28)32)21-24(33)30(18(2)17-31)22-25(34)29(19-10-6-5-7-11-19)16-9-13-27(21,22)35-26/h8-9,12-13,18-22,31H,4-7,10-11,14-17H2,1-3H3/t18-,20+,21+,22?,26-,27+/m1/s1. The smallest absolute Gasteiger partial charge is 0.249 e. The number of aliphatic hydroxyl groups is 1. The molecule has 5 aliphatic rings. The van der Waals surface area contributed by atoms with E-state index in [1.807, 2.05) is 43.1 Å². The Morgan fingerprint density at radius 1 is 1.03 bits per heavy atom. The van der Waals surface area contributed by atoms with E-state index in [4.69, 9.17) is 4.74 Å². The maximum atomic E-state index is 14.3. The molecule has 2 saturated heterocycles. The number of hydrogen-bond acceptors (Lipinski definition) is 5. The maximum absolute atomic E-state index is 14.3. The molecule has 8 heteroatoms. The molecule has 4 aliphatic heterocycles. The van der Waals surface area contributed by atoms with Gasteiger partial charge in [0, 0.05) is 25.7 Å². The van der Waals surface area contributed by atoms with Gasteiger partial charge in [-0.3, -0.25) is 14.4 Å². The first-order valence-electron chi connectivity index (χ1n) is 13.4. The molecule has 3 amide bonds. The molecule has 0 aromatic carbocycles. The van der Waals surface area contributed by atoms with Crippen LogP contribution in [0.4, 0.5) is 0 Å². The summed E-state index contributed by atoms with van der Waals surface area (Å²) < 4.78 is 6.81. The molecule has 5 rings (SSSR count). The number of carbonyl (C=O) groups excluding carboxylic acids is 3. The normalized spacial score (nSPS) is 38.3. The molecule has 0 bridgehead atoms. The second-order valence-electron chi connectivity index (χ2n) is 11.1. The van der Waals surface area contributed by atoms with Crippen LogP contribution >= 0.6 is 0 Å². The van der Waals surface area contributed by atoms with Crippen molar-refractivity contribution in [3.05, 3.63) is 24.3 Å². The predicted octanol–water partition coefficient (Wildman–Crippen LogP) is 1.88. The zero-order valence-corrected chi connectivity index (χ0v) is 21.2. The number of rotatable bonds is 5. The van der Waals surface area contributed by atoms with Crippen LogP contribution in [0.25, 0.3) is 0 Å². The van der Waals surface area contributed by atoms with Gasteiger partial charge in [0.25, 0.3) is 0 Å². The molecular formula is C27H39N3O5. The fourth-order valence-corrected chi connectivity index (χ4v) is 7.28. The maximum Gasteiger partial charge on any atom is 0.249 e. The van der Waals surface area contributed by atoms with Crippen molar-refractivity contribution in [1.82, 2.24) is 14.7 Å². The van der Waals surface area contributed by atoms with Crippen molar-refractivity contribution >= 4 is 17.7 Å². The van der Waals surface area contributed by atoms with E-state index < -0.39 is 35.1 Å². The highest BCUT2D eigenvalue weighted by atomic mass is 16.5. The largest absolute Gasteiger partial charge is 0.394 e. The first-order valence-corrected chi connectivity index (χ1v) is 13.4. The topological polar surface area (TPSA) is 90.4 Å². The second-order valence-corrected chi connectivity index (χ2v) is 11.1. The highest BCUT2D eigenvalue weighted by molar-refractivity contribution is 6.00. The monoisotopic (exact) mass is 485 g/mol. The van der Waals surface area contributed by atoms with E-state index in [0.717, 1.165) is 32.1 Å². The third kappa shape index (κ3) is 3.58. The van der Waals surface area contributed by atoms with Crippen LogP contribution in [-0.4, -0.2) is 93.1 Å². The van der Waals surface area contributed by atoms with Crippen LogP contribution in [0.5, 0.6) is 0 Å². The third-order valence-corrected chi connectivity index (χ3v) is 8.86. The first-order chi connectivity index (χ1) is 16.8. The van der Waals surface area contributed by atoms with Gasteiger partial charge in [-0.25, -0.2) is 0 Å². The van der Waals surface area contributed by atoms with Crippen LogP contribution in [0, 0.1) is 11.8 Å². The Bertz CT molecular complexity index is 943. The Hall–Kier alpha value is -2.19. The summed E-state index contributed by atoms with van der Waals surface area (Å²) in [7, 11) is 0. The lowest BCUT2D eigenvalue weighted by Gasteiger charge is -2.41. The molecule has 1 unspecified atom stereocenters. The van der Waals surface area contributed by atoms with Crippen LogP contribution in [-0.2, 0) is 19.1 Å². The minimum Gasteiger partial charge on any atom is -0.394 e. The summed E-state index contributed by atoms with van der Waals surface area (Å²) in [6.45, 7) is 6.97. The molecular weight excluding hydrogens is 446 g/mol. The lowest BCUT2D eigenvalue weighted by atomic mass is 9.74. The lowest BCUT2D eigenvalue weighted by Crippen LogP contribution is -2.59. The number of ether oxygens (including phenoxy) is 1. The highest BCUT2D eigenvalue weighted by Gasteiger charge is 2.75. The van der Waals surface area contributed by atoms with Gasteiger partial charge in [0.2, 0.25) is 17.7 Å². The zero-order chi connectivity index (χ0) is 25.0. The molecule has 0 aromatic rings. The molecule has 1 saturated carbocycles. The fraction of sp³-hybridized carbons (Fsp3) is 0.741. The molecule has 1 spiro atoms. The van der Waals surface area contributed by atoms with Gasteiger partial charge in [-0.05, 0) is 33.1 Å². The van der Waals surface area contributed by atoms with Crippen molar-refractivity contribution in [3.63, 3.8) is 0 Å². The van der Waals surface area contributed by atoms with Gasteiger partial charge in [0.05, 0.1) is 30.1 Å². The van der Waals surface area contributed by atoms with Crippen molar-refractivity contribution in [1.29, 1.82) is 0 Å². The molecule has 6 atom stereocenters. The van der Waals surface area contributed by atoms with Gasteiger partial charge in [0.15, 0.2) is 0 Å². The van der Waals surface area contributed by atoms with E-state index in [-0.39, 0.29) is 30.4 Å². The van der Waals surface area contributed by atoms with Gasteiger partial charge in [-0.1, -0.05) is 50.5 Å². The van der Waals surface area contributed by atoms with Gasteiger partial charge in [0.1, 0.15) is 11.6 Å². The molecule has 192 valence electrons. The van der Waals surface area contributed by atoms with Crippen molar-refractivity contribution in [2.75, 3.05) is 26.2 Å². The molecule has 8 nitrogen and oxygen atoms in total. The quantitative estimate of drug-likeness (QED) is 0.601. The number of aliphatic hydroxyl groups excluding tert-OH is 1. The number of likely N-dealkylation sites (tertiary alicyclic amines) is 1. The van der Waals surface area contributed by atoms with E-state index in [9.17, 15) is 19.5 Å². The lowest BCUT2D eigenvalue weighted by molar-refractivity contribution is -0.156. The number of carbonyl (C=O) groups is 3. The Kier molecular flexibility index (Phi) is 6.33. The Balaban J connectivity index is 1.61. The molecule has 3 fully saturated rings. The molecule has 35 heavy (non-hydrogen) atoms. The van der Waals surface area contributed by atoms with Crippen molar-refractivity contribution in [2.45, 2.75) is 88.6 Å². The van der Waals surface area contributed by atoms with Crippen molar-refractivity contribution in [3.8, 4) is 0 Å². The van der Waals surface area contributed by atoms with Crippen LogP contribution in [0.3, 0.4) is 0 Å². The summed E-state index contributed by atoms with van der Waals surface area (Å²) in [5.74, 6) is -2.03. The molecule has 1 N–H and O–H groups in total. The summed E-state index contributed by atoms with van der Waals surface area (Å²) in [6.07, 6.45) is 13.8. The van der Waals surface area contributed by atoms with E-state index in [0.29, 0.717) is 19.6 Å². The van der Waals surface area contributed by atoms with Crippen LogP contribution in [0.2, 0.25) is 0 Å². The van der Waals surface area contributed by atoms with Gasteiger partial charge in [-0.15, -0.1) is 0 Å². The van der Waals surface area contributed by atoms with Crippen LogP contribution < -0.4 is 0 Å². The van der Waals surface area contributed by atoms with E-state index in [1.54, 1.807) is 11.8 Å². The summed E-state index contributed by atoms with van der Waals surface area (Å²) in [6, 6.07) is -1.32.